The highest BCUT2D eigenvalue weighted by Crippen LogP contribution is 2.18. The zero-order chi connectivity index (χ0) is 13.5. The molecule has 6 nitrogen and oxygen atoms in total. The molecule has 0 atom stereocenters. The average Bonchev–Trinajstić information content (AvgIpc) is 2.31. The van der Waals surface area contributed by atoms with Crippen LogP contribution in [0.4, 0.5) is 4.79 Å². The number of carboxylic acid groups (broad SMARTS) is 1. The Balaban J connectivity index is 2.56. The van der Waals surface area contributed by atoms with Crippen LogP contribution in [0.25, 0.3) is 0 Å². The molecule has 0 aliphatic heterocycles. The number of likely N-dealkylation sites (N-methyl/N-ethyl adjacent to an activating group) is 1. The lowest BCUT2D eigenvalue weighted by atomic mass is 10.3. The third-order valence-corrected chi connectivity index (χ3v) is 2.02. The molecule has 0 heterocycles. The SMILES string of the molecule is CCOc1ccc(OC(=O)N(C)CC(=O)O)cc1. The smallest absolute Gasteiger partial charge is 0.415 e. The van der Waals surface area contributed by atoms with Crippen molar-refractivity contribution in [3.05, 3.63) is 24.3 Å². The van der Waals surface area contributed by atoms with E-state index < -0.39 is 18.6 Å². The summed E-state index contributed by atoms with van der Waals surface area (Å²) in [6.07, 6.45) is -0.721. The van der Waals surface area contributed by atoms with Crippen LogP contribution in [0.5, 0.6) is 11.5 Å². The van der Waals surface area contributed by atoms with E-state index in [-0.39, 0.29) is 0 Å². The number of aliphatic carboxylic acids is 1. The van der Waals surface area contributed by atoms with Gasteiger partial charge in [0.05, 0.1) is 6.61 Å². The third-order valence-electron chi connectivity index (χ3n) is 2.02. The maximum atomic E-state index is 11.5. The molecule has 0 fully saturated rings. The van der Waals surface area contributed by atoms with Gasteiger partial charge >= 0.3 is 12.1 Å². The minimum Gasteiger partial charge on any atom is -0.494 e. The van der Waals surface area contributed by atoms with E-state index in [2.05, 4.69) is 0 Å². The predicted octanol–water partition coefficient (Wildman–Crippen LogP) is 1.60. The fourth-order valence-electron chi connectivity index (χ4n) is 1.22. The monoisotopic (exact) mass is 253 g/mol. The van der Waals surface area contributed by atoms with Crippen molar-refractivity contribution in [2.75, 3.05) is 20.2 Å². The Kier molecular flexibility index (Phi) is 4.98. The van der Waals surface area contributed by atoms with Crippen molar-refractivity contribution < 1.29 is 24.2 Å². The zero-order valence-corrected chi connectivity index (χ0v) is 10.3. The van der Waals surface area contributed by atoms with Crippen molar-refractivity contribution in [1.29, 1.82) is 0 Å². The van der Waals surface area contributed by atoms with Gasteiger partial charge in [0.15, 0.2) is 0 Å². The first-order chi connectivity index (χ1) is 8.52. The molecule has 0 radical (unpaired) electrons. The number of ether oxygens (including phenoxy) is 2. The van der Waals surface area contributed by atoms with Gasteiger partial charge in [0, 0.05) is 7.05 Å². The molecule has 1 aromatic carbocycles. The summed E-state index contributed by atoms with van der Waals surface area (Å²) in [7, 11) is 1.35. The fraction of sp³-hybridized carbons (Fsp3) is 0.333. The summed E-state index contributed by atoms with van der Waals surface area (Å²) >= 11 is 0. The van der Waals surface area contributed by atoms with E-state index in [1.807, 2.05) is 6.92 Å². The van der Waals surface area contributed by atoms with Crippen molar-refractivity contribution in [3.8, 4) is 11.5 Å². The maximum Gasteiger partial charge on any atom is 0.415 e. The zero-order valence-electron chi connectivity index (χ0n) is 10.3. The molecule has 0 unspecified atom stereocenters. The first-order valence-corrected chi connectivity index (χ1v) is 5.40. The van der Waals surface area contributed by atoms with Gasteiger partial charge in [-0.25, -0.2) is 4.79 Å². The standard InChI is InChI=1S/C12H15NO5/c1-3-17-9-4-6-10(7-5-9)18-12(16)13(2)8-11(14)15/h4-7H,3,8H2,1-2H3,(H,14,15). The number of hydrogen-bond acceptors (Lipinski definition) is 4. The molecule has 0 spiro atoms. The molecule has 6 heteroatoms. The summed E-state index contributed by atoms with van der Waals surface area (Å²) in [5.41, 5.74) is 0. The Bertz CT molecular complexity index is 415. The van der Waals surface area contributed by atoms with Crippen LogP contribution in [0.3, 0.4) is 0 Å². The molecule has 0 saturated heterocycles. The van der Waals surface area contributed by atoms with Crippen molar-refractivity contribution in [3.63, 3.8) is 0 Å². The van der Waals surface area contributed by atoms with Gasteiger partial charge in [0.1, 0.15) is 18.0 Å². The van der Waals surface area contributed by atoms with Gasteiger partial charge in [-0.05, 0) is 31.2 Å². The van der Waals surface area contributed by atoms with Crippen LogP contribution in [-0.4, -0.2) is 42.3 Å². The number of amides is 1. The lowest BCUT2D eigenvalue weighted by molar-refractivity contribution is -0.137. The fourth-order valence-corrected chi connectivity index (χ4v) is 1.22. The summed E-state index contributed by atoms with van der Waals surface area (Å²) in [4.78, 5) is 22.9. The van der Waals surface area contributed by atoms with E-state index >= 15 is 0 Å². The highest BCUT2D eigenvalue weighted by Gasteiger charge is 2.14. The lowest BCUT2D eigenvalue weighted by Gasteiger charge is -2.14. The van der Waals surface area contributed by atoms with Crippen LogP contribution >= 0.6 is 0 Å². The van der Waals surface area contributed by atoms with Crippen LogP contribution in [0.1, 0.15) is 6.92 Å². The number of carboxylic acids is 1. The predicted molar refractivity (Wildman–Crippen MR) is 63.9 cm³/mol. The number of benzene rings is 1. The van der Waals surface area contributed by atoms with E-state index in [1.165, 1.54) is 7.05 Å². The Labute approximate surface area is 105 Å². The highest BCUT2D eigenvalue weighted by molar-refractivity contribution is 5.77. The second-order valence-electron chi connectivity index (χ2n) is 3.52. The normalized spacial score (nSPS) is 9.67. The Morgan fingerprint density at radius 1 is 1.22 bits per heavy atom. The number of rotatable bonds is 5. The Morgan fingerprint density at radius 2 is 1.78 bits per heavy atom. The topological polar surface area (TPSA) is 76.1 Å². The summed E-state index contributed by atoms with van der Waals surface area (Å²) in [5.74, 6) is -0.0852. The average molecular weight is 253 g/mol. The van der Waals surface area contributed by atoms with Crippen LogP contribution in [-0.2, 0) is 4.79 Å². The maximum absolute atomic E-state index is 11.5. The highest BCUT2D eigenvalue weighted by atomic mass is 16.6. The molecule has 0 aliphatic carbocycles. The Morgan fingerprint density at radius 3 is 2.28 bits per heavy atom. The summed E-state index contributed by atoms with van der Waals surface area (Å²) in [6.45, 7) is 2.02. The van der Waals surface area contributed by atoms with Gasteiger partial charge in [-0.3, -0.25) is 9.69 Å². The van der Waals surface area contributed by atoms with Crippen LogP contribution < -0.4 is 9.47 Å². The molecule has 98 valence electrons. The molecule has 1 aromatic rings. The molecule has 1 amide bonds. The molecule has 0 aromatic heterocycles. The van der Waals surface area contributed by atoms with Crippen LogP contribution in [0.2, 0.25) is 0 Å². The van der Waals surface area contributed by atoms with E-state index in [4.69, 9.17) is 14.6 Å². The molecular weight excluding hydrogens is 238 g/mol. The third kappa shape index (κ3) is 4.32. The molecule has 0 saturated carbocycles. The molecule has 1 N–H and O–H groups in total. The van der Waals surface area contributed by atoms with Gasteiger partial charge in [0.25, 0.3) is 0 Å². The molecule has 18 heavy (non-hydrogen) atoms. The largest absolute Gasteiger partial charge is 0.494 e. The van der Waals surface area contributed by atoms with Crippen LogP contribution in [0.15, 0.2) is 24.3 Å². The molecule has 1 rings (SSSR count). The van der Waals surface area contributed by atoms with Crippen molar-refractivity contribution in [2.45, 2.75) is 6.92 Å². The minimum absolute atomic E-state index is 0.334. The minimum atomic E-state index is -1.10. The van der Waals surface area contributed by atoms with Gasteiger partial charge in [-0.1, -0.05) is 0 Å². The number of hydrogen-bond donors (Lipinski definition) is 1. The number of nitrogens with zero attached hydrogens (tertiary/aromatic N) is 1. The van der Waals surface area contributed by atoms with Gasteiger partial charge < -0.3 is 14.6 Å². The van der Waals surface area contributed by atoms with Crippen molar-refractivity contribution >= 4 is 12.1 Å². The summed E-state index contributed by atoms with van der Waals surface area (Å²) in [5, 5.41) is 8.53. The molecular formula is C12H15NO5. The van der Waals surface area contributed by atoms with Gasteiger partial charge in [-0.15, -0.1) is 0 Å². The first-order valence-electron chi connectivity index (χ1n) is 5.40. The van der Waals surface area contributed by atoms with E-state index in [9.17, 15) is 9.59 Å². The van der Waals surface area contributed by atoms with Crippen LogP contribution in [0, 0.1) is 0 Å². The van der Waals surface area contributed by atoms with Crippen molar-refractivity contribution in [1.82, 2.24) is 4.90 Å². The lowest BCUT2D eigenvalue weighted by Crippen LogP contribution is -2.34. The summed E-state index contributed by atoms with van der Waals surface area (Å²) in [6, 6.07) is 6.50. The van der Waals surface area contributed by atoms with Gasteiger partial charge in [0.2, 0.25) is 0 Å². The van der Waals surface area contributed by atoms with Gasteiger partial charge in [-0.2, -0.15) is 0 Å². The van der Waals surface area contributed by atoms with E-state index in [1.54, 1.807) is 24.3 Å². The molecule has 0 bridgehead atoms. The number of carbonyl (C=O) groups is 2. The second-order valence-corrected chi connectivity index (χ2v) is 3.52. The number of carbonyl (C=O) groups excluding carboxylic acids is 1. The van der Waals surface area contributed by atoms with E-state index in [0.717, 1.165) is 4.90 Å². The quantitative estimate of drug-likeness (QED) is 0.862. The van der Waals surface area contributed by atoms with E-state index in [0.29, 0.717) is 18.1 Å². The first kappa shape index (κ1) is 13.8. The Hall–Kier alpha value is -2.24. The second kappa shape index (κ2) is 6.48. The van der Waals surface area contributed by atoms with Crippen molar-refractivity contribution in [2.24, 2.45) is 0 Å². The molecule has 0 aliphatic rings. The summed E-state index contributed by atoms with van der Waals surface area (Å²) < 4.78 is 10.2.